The Labute approximate surface area is 78.7 Å². The third-order valence-corrected chi connectivity index (χ3v) is 2.74. The van der Waals surface area contributed by atoms with Crippen LogP contribution in [0.2, 0.25) is 0 Å². The molecule has 2 rings (SSSR count). The molecule has 0 aliphatic carbocycles. The molecule has 2 N–H and O–H groups in total. The molecule has 0 spiro atoms. The Kier molecular flexibility index (Phi) is 2.80. The summed E-state index contributed by atoms with van der Waals surface area (Å²) in [5, 5.41) is 6.28. The van der Waals surface area contributed by atoms with Gasteiger partial charge in [-0.2, -0.15) is 0 Å². The van der Waals surface area contributed by atoms with Gasteiger partial charge in [-0.1, -0.05) is 6.42 Å². The minimum Gasteiger partial charge on any atom is -0.328 e. The van der Waals surface area contributed by atoms with E-state index in [0.29, 0.717) is 6.42 Å². The molecule has 74 valence electrons. The predicted molar refractivity (Wildman–Crippen MR) is 50.0 cm³/mol. The second-order valence-electron chi connectivity index (χ2n) is 3.77. The molecule has 4 nitrogen and oxygen atoms in total. The summed E-state index contributed by atoms with van der Waals surface area (Å²) >= 11 is 0. The van der Waals surface area contributed by atoms with E-state index in [9.17, 15) is 4.79 Å². The van der Waals surface area contributed by atoms with Crippen LogP contribution < -0.4 is 10.6 Å². The summed E-state index contributed by atoms with van der Waals surface area (Å²) < 4.78 is 0. The Morgan fingerprint density at radius 1 is 1.23 bits per heavy atom. The lowest BCUT2D eigenvalue weighted by Gasteiger charge is -2.37. The van der Waals surface area contributed by atoms with E-state index in [1.807, 2.05) is 0 Å². The molecule has 1 unspecified atom stereocenters. The minimum absolute atomic E-state index is 0.0987. The molecule has 13 heavy (non-hydrogen) atoms. The fourth-order valence-corrected chi connectivity index (χ4v) is 2.00. The number of rotatable bonds is 1. The van der Waals surface area contributed by atoms with Crippen molar-refractivity contribution in [2.75, 3.05) is 19.6 Å². The lowest BCUT2D eigenvalue weighted by Crippen LogP contribution is -2.61. The first kappa shape index (κ1) is 8.97. The van der Waals surface area contributed by atoms with Gasteiger partial charge in [0.15, 0.2) is 0 Å². The highest BCUT2D eigenvalue weighted by Crippen LogP contribution is 2.10. The Balaban J connectivity index is 1.87. The Bertz CT molecular complexity index is 189. The summed E-state index contributed by atoms with van der Waals surface area (Å²) in [6.45, 7) is 3.03. The van der Waals surface area contributed by atoms with Gasteiger partial charge < -0.3 is 5.32 Å². The van der Waals surface area contributed by atoms with Gasteiger partial charge in [0.25, 0.3) is 0 Å². The van der Waals surface area contributed by atoms with E-state index in [2.05, 4.69) is 15.5 Å². The molecule has 2 aliphatic rings. The summed E-state index contributed by atoms with van der Waals surface area (Å²) in [4.78, 5) is 13.5. The minimum atomic E-state index is 0.0987. The first-order valence-electron chi connectivity index (χ1n) is 5.13. The van der Waals surface area contributed by atoms with Crippen molar-refractivity contribution in [3.05, 3.63) is 0 Å². The molecular weight excluding hydrogens is 166 g/mol. The van der Waals surface area contributed by atoms with Crippen LogP contribution in [-0.4, -0.2) is 36.7 Å². The van der Waals surface area contributed by atoms with Crippen molar-refractivity contribution >= 4 is 5.91 Å². The predicted octanol–water partition coefficient (Wildman–Crippen LogP) is -0.135. The van der Waals surface area contributed by atoms with Gasteiger partial charge in [0.1, 0.15) is 6.29 Å². The van der Waals surface area contributed by atoms with Gasteiger partial charge in [0.05, 0.1) is 0 Å². The van der Waals surface area contributed by atoms with Crippen LogP contribution >= 0.6 is 0 Å². The largest absolute Gasteiger partial charge is 0.328 e. The molecule has 2 fully saturated rings. The van der Waals surface area contributed by atoms with Crippen molar-refractivity contribution in [1.29, 1.82) is 0 Å². The maximum atomic E-state index is 11.1. The van der Waals surface area contributed by atoms with Gasteiger partial charge in [-0.05, 0) is 12.8 Å². The number of amides is 1. The summed E-state index contributed by atoms with van der Waals surface area (Å²) in [5.74, 6) is 0.175. The van der Waals surface area contributed by atoms with Gasteiger partial charge in [0.2, 0.25) is 5.91 Å². The summed E-state index contributed by atoms with van der Waals surface area (Å²) in [6, 6.07) is 0. The lowest BCUT2D eigenvalue weighted by atomic mass is 10.1. The van der Waals surface area contributed by atoms with E-state index >= 15 is 0 Å². The summed E-state index contributed by atoms with van der Waals surface area (Å²) in [6.07, 6.45) is 4.56. The molecule has 0 aromatic carbocycles. The zero-order valence-corrected chi connectivity index (χ0v) is 7.88. The van der Waals surface area contributed by atoms with Gasteiger partial charge in [-0.15, -0.1) is 0 Å². The molecule has 1 amide bonds. The summed E-state index contributed by atoms with van der Waals surface area (Å²) in [7, 11) is 0. The van der Waals surface area contributed by atoms with Gasteiger partial charge in [-0.25, -0.2) is 0 Å². The fraction of sp³-hybridized carbons (Fsp3) is 0.889. The topological polar surface area (TPSA) is 44.4 Å². The molecule has 2 heterocycles. The smallest absolute Gasteiger partial charge is 0.223 e. The molecule has 1 atom stereocenters. The van der Waals surface area contributed by atoms with Crippen molar-refractivity contribution in [1.82, 2.24) is 15.5 Å². The molecule has 0 bridgehead atoms. The van der Waals surface area contributed by atoms with Crippen LogP contribution in [0, 0.1) is 0 Å². The second-order valence-corrected chi connectivity index (χ2v) is 3.77. The number of nitrogens with zero attached hydrogens (tertiary/aromatic N) is 1. The van der Waals surface area contributed by atoms with Crippen molar-refractivity contribution < 1.29 is 4.79 Å². The maximum absolute atomic E-state index is 11.1. The first-order valence-corrected chi connectivity index (χ1v) is 5.13. The Morgan fingerprint density at radius 2 is 2.00 bits per heavy atom. The zero-order chi connectivity index (χ0) is 9.10. The normalized spacial score (nSPS) is 31.4. The Morgan fingerprint density at radius 3 is 2.69 bits per heavy atom. The monoisotopic (exact) mass is 183 g/mol. The number of carbonyl (C=O) groups is 1. The van der Waals surface area contributed by atoms with Crippen molar-refractivity contribution in [3.8, 4) is 0 Å². The molecule has 0 aromatic heterocycles. The average molecular weight is 183 g/mol. The molecule has 2 aliphatic heterocycles. The van der Waals surface area contributed by atoms with Gasteiger partial charge in [0, 0.05) is 26.1 Å². The summed E-state index contributed by atoms with van der Waals surface area (Å²) in [5.41, 5.74) is 0. The van der Waals surface area contributed by atoms with E-state index in [1.165, 1.54) is 19.3 Å². The first-order chi connectivity index (χ1) is 6.36. The van der Waals surface area contributed by atoms with Crippen molar-refractivity contribution in [2.24, 2.45) is 0 Å². The third kappa shape index (κ3) is 2.19. The van der Waals surface area contributed by atoms with Crippen molar-refractivity contribution in [2.45, 2.75) is 32.0 Å². The lowest BCUT2D eigenvalue weighted by molar-refractivity contribution is -0.125. The third-order valence-electron chi connectivity index (χ3n) is 2.74. The number of likely N-dealkylation sites (tertiary alicyclic amines) is 1. The number of carbonyl (C=O) groups excluding carboxylic acids is 1. The quantitative estimate of drug-likeness (QED) is 0.595. The van der Waals surface area contributed by atoms with Gasteiger partial charge >= 0.3 is 0 Å². The maximum Gasteiger partial charge on any atom is 0.223 e. The van der Waals surface area contributed by atoms with E-state index in [4.69, 9.17) is 0 Å². The van der Waals surface area contributed by atoms with Crippen LogP contribution in [0.15, 0.2) is 0 Å². The number of hydrogen-bond acceptors (Lipinski definition) is 3. The van der Waals surface area contributed by atoms with E-state index in [0.717, 1.165) is 19.6 Å². The second kappa shape index (κ2) is 4.07. The van der Waals surface area contributed by atoms with Crippen LogP contribution in [0.25, 0.3) is 0 Å². The van der Waals surface area contributed by atoms with Crippen LogP contribution in [0.4, 0.5) is 0 Å². The highest BCUT2D eigenvalue weighted by atomic mass is 16.2. The number of piperidine rings is 1. The molecule has 0 aromatic rings. The molecule has 0 radical (unpaired) electrons. The highest BCUT2D eigenvalue weighted by molar-refractivity contribution is 5.77. The number of hydrogen-bond donors (Lipinski definition) is 2. The highest BCUT2D eigenvalue weighted by Gasteiger charge is 2.24. The standard InChI is InChI=1S/C9H17N3O/c13-8-4-5-10-9(11-8)12-6-2-1-3-7-12/h9-10H,1-7H2,(H,11,13). The molecule has 0 saturated carbocycles. The molecule has 4 heteroatoms. The average Bonchev–Trinajstić information content (AvgIpc) is 2.19. The van der Waals surface area contributed by atoms with E-state index in [-0.39, 0.29) is 12.2 Å². The van der Waals surface area contributed by atoms with Crippen LogP contribution in [0.5, 0.6) is 0 Å². The van der Waals surface area contributed by atoms with Gasteiger partial charge in [-0.3, -0.25) is 15.0 Å². The van der Waals surface area contributed by atoms with Crippen molar-refractivity contribution in [3.63, 3.8) is 0 Å². The van der Waals surface area contributed by atoms with E-state index < -0.39 is 0 Å². The van der Waals surface area contributed by atoms with E-state index in [1.54, 1.807) is 0 Å². The van der Waals surface area contributed by atoms with Crippen LogP contribution in [0.1, 0.15) is 25.7 Å². The Hall–Kier alpha value is -0.610. The molecule has 2 saturated heterocycles. The SMILES string of the molecule is O=C1CCNC(N2CCCCC2)N1. The number of nitrogens with one attached hydrogen (secondary N) is 2. The molecular formula is C9H17N3O. The fourth-order valence-electron chi connectivity index (χ4n) is 2.00. The zero-order valence-electron chi connectivity index (χ0n) is 7.88. The van der Waals surface area contributed by atoms with Crippen LogP contribution in [0.3, 0.4) is 0 Å². The van der Waals surface area contributed by atoms with Crippen LogP contribution in [-0.2, 0) is 4.79 Å².